The van der Waals surface area contributed by atoms with Crippen LogP contribution in [0.3, 0.4) is 0 Å². The van der Waals surface area contributed by atoms with Crippen LogP contribution in [0.1, 0.15) is 23.2 Å². The molecule has 0 unspecified atom stereocenters. The highest BCUT2D eigenvalue weighted by molar-refractivity contribution is 5.94. The fourth-order valence-corrected chi connectivity index (χ4v) is 3.27. The number of hydrogen-bond donors (Lipinski definition) is 0. The molecule has 0 N–H and O–H groups in total. The van der Waals surface area contributed by atoms with Crippen LogP contribution in [0, 0.1) is 0 Å². The third-order valence-corrected chi connectivity index (χ3v) is 4.58. The average Bonchev–Trinajstić information content (AvgIpc) is 3.25. The number of likely N-dealkylation sites (tertiary alicyclic amines) is 1. The van der Waals surface area contributed by atoms with Crippen molar-refractivity contribution in [2.24, 2.45) is 7.05 Å². The normalized spacial score (nSPS) is 16.9. The van der Waals surface area contributed by atoms with E-state index in [2.05, 4.69) is 10.2 Å². The average molecular weight is 330 g/mol. The summed E-state index contributed by atoms with van der Waals surface area (Å²) in [6, 6.07) is 1.82. The third-order valence-electron chi connectivity index (χ3n) is 4.58. The van der Waals surface area contributed by atoms with Gasteiger partial charge in [-0.3, -0.25) is 19.0 Å². The largest absolute Gasteiger partial charge is 0.347 e. The molecule has 8 heteroatoms. The van der Waals surface area contributed by atoms with Gasteiger partial charge in [-0.2, -0.15) is 10.2 Å². The van der Waals surface area contributed by atoms with Crippen molar-refractivity contribution >= 4 is 11.8 Å². The highest BCUT2D eigenvalue weighted by Gasteiger charge is 2.45. The maximum atomic E-state index is 12.8. The Labute approximate surface area is 140 Å². The second-order valence-electron chi connectivity index (χ2n) is 6.38. The van der Waals surface area contributed by atoms with E-state index in [9.17, 15) is 9.59 Å². The Bertz CT molecular complexity index is 726. The summed E-state index contributed by atoms with van der Waals surface area (Å²) in [4.78, 5) is 28.8. The van der Waals surface area contributed by atoms with Crippen LogP contribution in [0.2, 0.25) is 0 Å². The zero-order valence-electron chi connectivity index (χ0n) is 14.2. The lowest BCUT2D eigenvalue weighted by atomic mass is 9.86. The molecule has 0 aromatic carbocycles. The predicted octanol–water partition coefficient (Wildman–Crippen LogP) is 0.336. The molecule has 8 nitrogen and oxygen atoms in total. The number of carbonyl (C=O) groups excluding carboxylic acids is 2. The molecule has 2 amide bonds. The molecule has 128 valence electrons. The Morgan fingerprint density at radius 3 is 2.42 bits per heavy atom. The molecule has 3 heterocycles. The molecule has 0 radical (unpaired) electrons. The first-order valence-corrected chi connectivity index (χ1v) is 7.94. The second kappa shape index (κ2) is 6.10. The van der Waals surface area contributed by atoms with Gasteiger partial charge >= 0.3 is 0 Å². The summed E-state index contributed by atoms with van der Waals surface area (Å²) >= 11 is 0. The molecule has 2 aromatic rings. The van der Waals surface area contributed by atoms with E-state index in [1.807, 2.05) is 12.3 Å². The zero-order valence-corrected chi connectivity index (χ0v) is 14.2. The Balaban J connectivity index is 1.80. The Kier molecular flexibility index (Phi) is 4.13. The minimum Gasteiger partial charge on any atom is -0.347 e. The van der Waals surface area contributed by atoms with E-state index < -0.39 is 5.54 Å². The summed E-state index contributed by atoms with van der Waals surface area (Å²) in [6.45, 7) is 1.01. The molecular weight excluding hydrogens is 308 g/mol. The molecule has 0 saturated carbocycles. The molecule has 3 rings (SSSR count). The van der Waals surface area contributed by atoms with Crippen molar-refractivity contribution in [3.05, 3.63) is 36.4 Å². The van der Waals surface area contributed by atoms with Crippen LogP contribution in [0.4, 0.5) is 0 Å². The highest BCUT2D eigenvalue weighted by atomic mass is 16.2. The fourth-order valence-electron chi connectivity index (χ4n) is 3.27. The summed E-state index contributed by atoms with van der Waals surface area (Å²) < 4.78 is 3.35. The first kappa shape index (κ1) is 16.2. The van der Waals surface area contributed by atoms with Crippen LogP contribution >= 0.6 is 0 Å². The van der Waals surface area contributed by atoms with Gasteiger partial charge in [-0.25, -0.2) is 0 Å². The van der Waals surface area contributed by atoms with Gasteiger partial charge in [0.1, 0.15) is 5.54 Å². The van der Waals surface area contributed by atoms with Crippen LogP contribution in [0.15, 0.2) is 30.9 Å². The predicted molar refractivity (Wildman–Crippen MR) is 87.2 cm³/mol. The lowest BCUT2D eigenvalue weighted by molar-refractivity contribution is -0.141. The number of aryl methyl sites for hydroxylation is 1. The maximum Gasteiger partial charge on any atom is 0.257 e. The Hall–Kier alpha value is -2.64. The van der Waals surface area contributed by atoms with Crippen molar-refractivity contribution in [3.63, 3.8) is 0 Å². The first-order valence-electron chi connectivity index (χ1n) is 7.94. The van der Waals surface area contributed by atoms with Gasteiger partial charge in [0.15, 0.2) is 0 Å². The van der Waals surface area contributed by atoms with E-state index in [0.717, 1.165) is 0 Å². The van der Waals surface area contributed by atoms with Crippen molar-refractivity contribution in [3.8, 4) is 0 Å². The van der Waals surface area contributed by atoms with E-state index >= 15 is 0 Å². The molecule has 2 aromatic heterocycles. The van der Waals surface area contributed by atoms with Crippen LogP contribution in [0.25, 0.3) is 0 Å². The van der Waals surface area contributed by atoms with Crippen molar-refractivity contribution in [2.75, 3.05) is 27.2 Å². The van der Waals surface area contributed by atoms with E-state index in [-0.39, 0.29) is 11.8 Å². The molecular formula is C16H22N6O2. The number of amides is 2. The van der Waals surface area contributed by atoms with Gasteiger partial charge in [0.05, 0.1) is 11.8 Å². The van der Waals surface area contributed by atoms with Gasteiger partial charge in [-0.15, -0.1) is 0 Å². The van der Waals surface area contributed by atoms with Gasteiger partial charge in [0, 0.05) is 52.8 Å². The summed E-state index contributed by atoms with van der Waals surface area (Å²) in [6.07, 6.45) is 7.86. The number of aromatic nitrogens is 4. The number of nitrogens with zero attached hydrogens (tertiary/aromatic N) is 6. The standard InChI is InChI=1S/C16H22N6O2/c1-19(2)15(24)16(22-8-4-7-17-22)5-9-21(10-6-16)14(23)13-11-18-20(3)12-13/h4,7-8,11-12H,5-6,9-10H2,1-3H3. The van der Waals surface area contributed by atoms with E-state index in [0.29, 0.717) is 31.5 Å². The number of likely N-dealkylation sites (N-methyl/N-ethyl adjacent to an activating group) is 1. The minimum atomic E-state index is -0.723. The zero-order chi connectivity index (χ0) is 17.3. The number of piperidine rings is 1. The number of carbonyl (C=O) groups is 2. The molecule has 1 fully saturated rings. The first-order chi connectivity index (χ1) is 11.4. The fraction of sp³-hybridized carbons (Fsp3) is 0.500. The Morgan fingerprint density at radius 1 is 1.21 bits per heavy atom. The van der Waals surface area contributed by atoms with E-state index in [4.69, 9.17) is 0 Å². The third kappa shape index (κ3) is 2.68. The molecule has 1 aliphatic heterocycles. The minimum absolute atomic E-state index is 0.0136. The topological polar surface area (TPSA) is 76.3 Å². The molecule has 0 spiro atoms. The van der Waals surface area contributed by atoms with Gasteiger partial charge in [-0.1, -0.05) is 0 Å². The Morgan fingerprint density at radius 2 is 1.92 bits per heavy atom. The van der Waals surface area contributed by atoms with Crippen molar-refractivity contribution in [1.82, 2.24) is 29.4 Å². The molecule has 24 heavy (non-hydrogen) atoms. The van der Waals surface area contributed by atoms with Gasteiger partial charge in [-0.05, 0) is 18.9 Å². The summed E-state index contributed by atoms with van der Waals surface area (Å²) in [7, 11) is 5.28. The monoisotopic (exact) mass is 330 g/mol. The second-order valence-corrected chi connectivity index (χ2v) is 6.38. The van der Waals surface area contributed by atoms with Crippen LogP contribution in [0.5, 0.6) is 0 Å². The van der Waals surface area contributed by atoms with Crippen LogP contribution in [-0.4, -0.2) is 68.4 Å². The molecule has 1 saturated heterocycles. The summed E-state index contributed by atoms with van der Waals surface area (Å²) in [5, 5.41) is 8.35. The van der Waals surface area contributed by atoms with Crippen LogP contribution in [-0.2, 0) is 17.4 Å². The molecule has 1 aliphatic rings. The van der Waals surface area contributed by atoms with Gasteiger partial charge in [0.2, 0.25) is 5.91 Å². The quantitative estimate of drug-likeness (QED) is 0.813. The summed E-state index contributed by atoms with van der Waals surface area (Å²) in [5.41, 5.74) is -0.151. The number of rotatable bonds is 3. The molecule has 0 aliphatic carbocycles. The van der Waals surface area contributed by atoms with Gasteiger partial charge < -0.3 is 9.80 Å². The van der Waals surface area contributed by atoms with Crippen molar-refractivity contribution in [1.29, 1.82) is 0 Å². The lowest BCUT2D eigenvalue weighted by Crippen LogP contribution is -2.55. The van der Waals surface area contributed by atoms with E-state index in [1.54, 1.807) is 58.9 Å². The molecule has 0 atom stereocenters. The van der Waals surface area contributed by atoms with Crippen LogP contribution < -0.4 is 0 Å². The lowest BCUT2D eigenvalue weighted by Gasteiger charge is -2.41. The smallest absolute Gasteiger partial charge is 0.257 e. The maximum absolute atomic E-state index is 12.8. The SMILES string of the molecule is CN(C)C(=O)C1(n2cccn2)CCN(C(=O)c2cnn(C)c2)CC1. The molecule has 0 bridgehead atoms. The number of hydrogen-bond acceptors (Lipinski definition) is 4. The highest BCUT2D eigenvalue weighted by Crippen LogP contribution is 2.32. The summed E-state index contributed by atoms with van der Waals surface area (Å²) in [5.74, 6) is -0.0332. The van der Waals surface area contributed by atoms with Gasteiger partial charge in [0.25, 0.3) is 5.91 Å². The van der Waals surface area contributed by atoms with Crippen molar-refractivity contribution < 1.29 is 9.59 Å². The van der Waals surface area contributed by atoms with Crippen molar-refractivity contribution in [2.45, 2.75) is 18.4 Å². The van der Waals surface area contributed by atoms with E-state index in [1.165, 1.54) is 0 Å².